The third-order valence-electron chi connectivity index (χ3n) is 4.96. The molecule has 1 amide bonds. The van der Waals surface area contributed by atoms with E-state index >= 15 is 0 Å². The summed E-state index contributed by atoms with van der Waals surface area (Å²) in [6.07, 6.45) is 1.50. The summed E-state index contributed by atoms with van der Waals surface area (Å²) in [5.74, 6) is 1.16. The number of amides is 1. The number of benzene rings is 1. The van der Waals surface area contributed by atoms with Gasteiger partial charge in [-0.15, -0.1) is 11.3 Å². The third kappa shape index (κ3) is 4.00. The SMILES string of the molecule is COc1ccc(-n2c(C)c(C)c(C#N)c2NC(=O)CSc2ncnc3ccsc23)cc1. The van der Waals surface area contributed by atoms with E-state index in [4.69, 9.17) is 4.74 Å². The molecule has 0 spiro atoms. The van der Waals surface area contributed by atoms with E-state index in [9.17, 15) is 10.1 Å². The standard InChI is InChI=1S/C22H19N5O2S2/c1-13-14(2)27(15-4-6-16(29-3)7-5-15)21(17(13)10-23)26-19(28)11-31-22-20-18(8-9-30-20)24-12-25-22/h4-9,12H,11H2,1-3H3,(H,26,28). The number of nitrogens with zero attached hydrogens (tertiary/aromatic N) is 4. The smallest absolute Gasteiger partial charge is 0.235 e. The minimum atomic E-state index is -0.211. The highest BCUT2D eigenvalue weighted by Crippen LogP contribution is 2.32. The second-order valence-corrected chi connectivity index (χ2v) is 8.61. The van der Waals surface area contributed by atoms with Gasteiger partial charge < -0.3 is 10.1 Å². The fraction of sp³-hybridized carbons (Fsp3) is 0.182. The lowest BCUT2D eigenvalue weighted by Gasteiger charge is -2.13. The van der Waals surface area contributed by atoms with E-state index in [0.29, 0.717) is 11.4 Å². The highest BCUT2D eigenvalue weighted by atomic mass is 32.2. The molecular formula is C22H19N5O2S2. The van der Waals surface area contributed by atoms with Crippen LogP contribution in [0.1, 0.15) is 16.8 Å². The maximum absolute atomic E-state index is 12.8. The van der Waals surface area contributed by atoms with Gasteiger partial charge >= 0.3 is 0 Å². The van der Waals surface area contributed by atoms with Gasteiger partial charge in [-0.1, -0.05) is 11.8 Å². The Labute approximate surface area is 187 Å². The van der Waals surface area contributed by atoms with Crippen LogP contribution in [-0.4, -0.2) is 33.3 Å². The molecule has 0 fully saturated rings. The van der Waals surface area contributed by atoms with Gasteiger partial charge in [0.25, 0.3) is 0 Å². The van der Waals surface area contributed by atoms with Crippen LogP contribution in [0.5, 0.6) is 5.75 Å². The second-order valence-electron chi connectivity index (χ2n) is 6.73. The largest absolute Gasteiger partial charge is 0.497 e. The van der Waals surface area contributed by atoms with Crippen LogP contribution < -0.4 is 10.1 Å². The number of nitrogens with one attached hydrogen (secondary N) is 1. The molecule has 4 aromatic rings. The Morgan fingerprint density at radius 1 is 1.26 bits per heavy atom. The molecule has 31 heavy (non-hydrogen) atoms. The number of carbonyl (C=O) groups is 1. The average Bonchev–Trinajstić information content (AvgIpc) is 3.36. The number of nitriles is 1. The van der Waals surface area contributed by atoms with Gasteiger partial charge in [0, 0.05) is 11.4 Å². The Kier molecular flexibility index (Phi) is 5.93. The van der Waals surface area contributed by atoms with Crippen molar-refractivity contribution in [3.8, 4) is 17.5 Å². The summed E-state index contributed by atoms with van der Waals surface area (Å²) in [6, 6.07) is 11.6. The monoisotopic (exact) mass is 449 g/mol. The number of methoxy groups -OCH3 is 1. The Balaban J connectivity index is 1.61. The van der Waals surface area contributed by atoms with Gasteiger partial charge in [-0.2, -0.15) is 5.26 Å². The average molecular weight is 450 g/mol. The van der Waals surface area contributed by atoms with Crippen LogP contribution in [0, 0.1) is 25.2 Å². The Bertz CT molecular complexity index is 1300. The molecular weight excluding hydrogens is 430 g/mol. The van der Waals surface area contributed by atoms with Crippen molar-refractivity contribution in [2.24, 2.45) is 0 Å². The molecule has 0 radical (unpaired) electrons. The number of aromatic nitrogens is 3. The van der Waals surface area contributed by atoms with Crippen molar-refractivity contribution in [3.63, 3.8) is 0 Å². The van der Waals surface area contributed by atoms with E-state index in [1.54, 1.807) is 18.4 Å². The predicted octanol–water partition coefficient (Wildman–Crippen LogP) is 4.71. The van der Waals surface area contributed by atoms with Crippen LogP contribution in [0.25, 0.3) is 15.9 Å². The van der Waals surface area contributed by atoms with E-state index in [2.05, 4.69) is 21.4 Å². The van der Waals surface area contributed by atoms with Gasteiger partial charge in [-0.05, 0) is 55.1 Å². The maximum atomic E-state index is 12.8. The van der Waals surface area contributed by atoms with E-state index in [1.807, 2.05) is 54.1 Å². The zero-order valence-corrected chi connectivity index (χ0v) is 18.8. The van der Waals surface area contributed by atoms with E-state index in [0.717, 1.165) is 37.9 Å². The third-order valence-corrected chi connectivity index (χ3v) is 6.99. The van der Waals surface area contributed by atoms with Crippen molar-refractivity contribution in [1.29, 1.82) is 5.26 Å². The minimum absolute atomic E-state index is 0.167. The Morgan fingerprint density at radius 3 is 2.74 bits per heavy atom. The van der Waals surface area contributed by atoms with Gasteiger partial charge in [0.05, 0.1) is 28.6 Å². The number of rotatable bonds is 6. The van der Waals surface area contributed by atoms with Gasteiger partial charge in [0.15, 0.2) is 0 Å². The lowest BCUT2D eigenvalue weighted by Crippen LogP contribution is -2.17. The number of hydrogen-bond donors (Lipinski definition) is 1. The van der Waals surface area contributed by atoms with Crippen molar-refractivity contribution >= 4 is 45.0 Å². The number of hydrogen-bond acceptors (Lipinski definition) is 7. The summed E-state index contributed by atoms with van der Waals surface area (Å²) in [6.45, 7) is 3.81. The summed E-state index contributed by atoms with van der Waals surface area (Å²) in [5, 5.41) is 15.4. The van der Waals surface area contributed by atoms with E-state index in [-0.39, 0.29) is 11.7 Å². The first-order chi connectivity index (χ1) is 15.0. The molecule has 4 rings (SSSR count). The lowest BCUT2D eigenvalue weighted by molar-refractivity contribution is -0.113. The van der Waals surface area contributed by atoms with Crippen molar-refractivity contribution in [2.45, 2.75) is 18.9 Å². The molecule has 7 nitrogen and oxygen atoms in total. The summed E-state index contributed by atoms with van der Waals surface area (Å²) >= 11 is 2.90. The number of thioether (sulfide) groups is 1. The molecule has 0 saturated heterocycles. The number of fused-ring (bicyclic) bond motifs is 1. The molecule has 3 heterocycles. The zero-order chi connectivity index (χ0) is 22.0. The molecule has 0 aliphatic heterocycles. The minimum Gasteiger partial charge on any atom is -0.497 e. The number of carbonyl (C=O) groups excluding carboxylic acids is 1. The molecule has 9 heteroatoms. The lowest BCUT2D eigenvalue weighted by atomic mass is 10.2. The molecule has 0 bridgehead atoms. The Hall–Kier alpha value is -3.35. The van der Waals surface area contributed by atoms with E-state index < -0.39 is 0 Å². The highest BCUT2D eigenvalue weighted by molar-refractivity contribution is 8.00. The zero-order valence-electron chi connectivity index (χ0n) is 17.2. The van der Waals surface area contributed by atoms with Crippen molar-refractivity contribution in [2.75, 3.05) is 18.2 Å². The Morgan fingerprint density at radius 2 is 2.03 bits per heavy atom. The first-order valence-corrected chi connectivity index (χ1v) is 11.3. The first kappa shape index (κ1) is 20.9. The fourth-order valence-corrected chi connectivity index (χ4v) is 5.03. The fourth-order valence-electron chi connectivity index (χ4n) is 3.29. The van der Waals surface area contributed by atoms with E-state index in [1.165, 1.54) is 18.1 Å². The molecule has 156 valence electrons. The number of thiophene rings is 1. The first-order valence-electron chi connectivity index (χ1n) is 9.40. The normalized spacial score (nSPS) is 10.8. The van der Waals surface area contributed by atoms with Crippen molar-refractivity contribution in [1.82, 2.24) is 14.5 Å². The highest BCUT2D eigenvalue weighted by Gasteiger charge is 2.21. The molecule has 0 atom stereocenters. The van der Waals surface area contributed by atoms with Gasteiger partial charge in [-0.3, -0.25) is 9.36 Å². The topological polar surface area (TPSA) is 92.8 Å². The number of anilines is 1. The number of ether oxygens (including phenoxy) is 1. The van der Waals surface area contributed by atoms with Crippen LogP contribution in [0.2, 0.25) is 0 Å². The van der Waals surface area contributed by atoms with Crippen molar-refractivity contribution < 1.29 is 9.53 Å². The van der Waals surface area contributed by atoms with Gasteiger partial charge in [-0.25, -0.2) is 9.97 Å². The molecule has 1 N–H and O–H groups in total. The van der Waals surface area contributed by atoms with Crippen LogP contribution in [0.4, 0.5) is 5.82 Å². The molecule has 3 aromatic heterocycles. The molecule has 0 aliphatic carbocycles. The molecule has 0 unspecified atom stereocenters. The van der Waals surface area contributed by atoms with Gasteiger partial charge in [0.2, 0.25) is 5.91 Å². The van der Waals surface area contributed by atoms with Crippen molar-refractivity contribution in [3.05, 3.63) is 58.9 Å². The molecule has 0 saturated carbocycles. The second kappa shape index (κ2) is 8.79. The van der Waals surface area contributed by atoms with Crippen LogP contribution in [0.15, 0.2) is 47.1 Å². The molecule has 0 aliphatic rings. The summed E-state index contributed by atoms with van der Waals surface area (Å²) in [7, 11) is 1.61. The maximum Gasteiger partial charge on any atom is 0.235 e. The van der Waals surface area contributed by atoms with Crippen LogP contribution in [-0.2, 0) is 4.79 Å². The van der Waals surface area contributed by atoms with Crippen LogP contribution >= 0.6 is 23.1 Å². The van der Waals surface area contributed by atoms with Crippen LogP contribution in [0.3, 0.4) is 0 Å². The predicted molar refractivity (Wildman–Crippen MR) is 123 cm³/mol. The molecule has 1 aromatic carbocycles. The summed E-state index contributed by atoms with van der Waals surface area (Å²) in [4.78, 5) is 21.3. The quantitative estimate of drug-likeness (QED) is 0.338. The summed E-state index contributed by atoms with van der Waals surface area (Å²) in [5.41, 5.74) is 3.88. The summed E-state index contributed by atoms with van der Waals surface area (Å²) < 4.78 is 8.09. The van der Waals surface area contributed by atoms with Gasteiger partial charge in [0.1, 0.15) is 29.0 Å².